The monoisotopic (exact) mass is 174 g/mol. The molecule has 0 N–H and O–H groups in total. The Labute approximate surface area is 60.9 Å². The first-order valence-electron chi connectivity index (χ1n) is 1.67. The van der Waals surface area contributed by atoms with Crippen molar-refractivity contribution in [2.75, 3.05) is 0 Å². The van der Waals surface area contributed by atoms with Crippen molar-refractivity contribution in [2.24, 2.45) is 0 Å². The minimum atomic E-state index is -0.846. The van der Waals surface area contributed by atoms with E-state index in [2.05, 4.69) is 6.58 Å². The van der Waals surface area contributed by atoms with Gasteiger partial charge in [-0.3, -0.25) is 0 Å². The number of rotatable bonds is 1. The van der Waals surface area contributed by atoms with Gasteiger partial charge < -0.3 is 0 Å². The summed E-state index contributed by atoms with van der Waals surface area (Å²) in [4.78, 5) is 0. The van der Waals surface area contributed by atoms with Crippen molar-refractivity contribution in [3.8, 4) is 0 Å². The Kier molecular flexibility index (Phi) is 2.68. The SMILES string of the molecule is C=C(Cl)C([SiH3])(Cl)Cl. The Morgan fingerprint density at radius 1 is 1.57 bits per heavy atom. The predicted octanol–water partition coefficient (Wildman–Crippen LogP) is 1.24. The summed E-state index contributed by atoms with van der Waals surface area (Å²) in [5, 5.41) is 0.308. The third-order valence-electron chi connectivity index (χ3n) is 0.476. The van der Waals surface area contributed by atoms with Gasteiger partial charge in [-0.15, -0.1) is 23.2 Å². The average molecular weight is 176 g/mol. The van der Waals surface area contributed by atoms with Crippen LogP contribution in [0, 0.1) is 0 Å². The summed E-state index contributed by atoms with van der Waals surface area (Å²) in [5.74, 6) is 0. The molecule has 0 saturated heterocycles. The van der Waals surface area contributed by atoms with Gasteiger partial charge >= 0.3 is 0 Å². The van der Waals surface area contributed by atoms with Gasteiger partial charge in [-0.1, -0.05) is 18.2 Å². The van der Waals surface area contributed by atoms with Crippen LogP contribution in [0.1, 0.15) is 0 Å². The number of hydrogen-bond acceptors (Lipinski definition) is 0. The summed E-state index contributed by atoms with van der Waals surface area (Å²) in [6, 6.07) is 0. The molecule has 0 aliphatic heterocycles. The maximum absolute atomic E-state index is 5.46. The fourth-order valence-corrected chi connectivity index (χ4v) is 0. The highest BCUT2D eigenvalue weighted by atomic mass is 35.5. The third-order valence-corrected chi connectivity index (χ3v) is 2.42. The lowest BCUT2D eigenvalue weighted by Crippen LogP contribution is -2.10. The van der Waals surface area contributed by atoms with Crippen molar-refractivity contribution >= 4 is 45.0 Å². The normalized spacial score (nSPS) is 11.9. The first-order chi connectivity index (χ1) is 2.94. The van der Waals surface area contributed by atoms with Crippen LogP contribution in [0.4, 0.5) is 0 Å². The Morgan fingerprint density at radius 3 is 1.71 bits per heavy atom. The molecular formula is C3H5Cl3Si. The van der Waals surface area contributed by atoms with Crippen molar-refractivity contribution in [2.45, 2.75) is 3.96 Å². The lowest BCUT2D eigenvalue weighted by atomic mass is 10.7. The minimum Gasteiger partial charge on any atom is -0.101 e. The minimum absolute atomic E-state index is 0.308. The lowest BCUT2D eigenvalue weighted by molar-refractivity contribution is 1.43. The van der Waals surface area contributed by atoms with Crippen LogP contribution in [-0.2, 0) is 0 Å². The van der Waals surface area contributed by atoms with Crippen LogP contribution in [0.3, 0.4) is 0 Å². The van der Waals surface area contributed by atoms with E-state index in [1.807, 2.05) is 0 Å². The fraction of sp³-hybridized carbons (Fsp3) is 0.333. The van der Waals surface area contributed by atoms with Crippen LogP contribution < -0.4 is 0 Å². The van der Waals surface area contributed by atoms with E-state index in [1.165, 1.54) is 0 Å². The van der Waals surface area contributed by atoms with Gasteiger partial charge in [0.1, 0.15) is 3.96 Å². The zero-order chi connectivity index (χ0) is 6.08. The van der Waals surface area contributed by atoms with Crippen LogP contribution in [0.25, 0.3) is 0 Å². The summed E-state index contributed by atoms with van der Waals surface area (Å²) in [7, 11) is 0.612. The molecule has 42 valence electrons. The molecule has 0 atom stereocenters. The second-order valence-electron chi connectivity index (χ2n) is 1.29. The highest BCUT2D eigenvalue weighted by molar-refractivity contribution is 6.70. The van der Waals surface area contributed by atoms with Crippen LogP contribution in [-0.4, -0.2) is 14.2 Å². The zero-order valence-electron chi connectivity index (χ0n) is 3.84. The van der Waals surface area contributed by atoms with Crippen molar-refractivity contribution in [1.29, 1.82) is 0 Å². The number of halogens is 3. The molecule has 0 saturated carbocycles. The first-order valence-corrected chi connectivity index (χ1v) is 3.80. The maximum atomic E-state index is 5.46. The van der Waals surface area contributed by atoms with Gasteiger partial charge in [0.05, 0.1) is 10.2 Å². The molecule has 0 amide bonds. The van der Waals surface area contributed by atoms with Crippen molar-refractivity contribution in [3.63, 3.8) is 0 Å². The van der Waals surface area contributed by atoms with Crippen LogP contribution in [0.2, 0.25) is 0 Å². The van der Waals surface area contributed by atoms with E-state index in [-0.39, 0.29) is 0 Å². The second kappa shape index (κ2) is 2.40. The molecule has 0 aliphatic carbocycles. The summed E-state index contributed by atoms with van der Waals surface area (Å²) in [5.41, 5.74) is 0. The van der Waals surface area contributed by atoms with E-state index in [4.69, 9.17) is 34.8 Å². The molecule has 0 radical (unpaired) electrons. The molecular weight excluding hydrogens is 170 g/mol. The van der Waals surface area contributed by atoms with Gasteiger partial charge in [-0.25, -0.2) is 0 Å². The van der Waals surface area contributed by atoms with E-state index in [0.29, 0.717) is 15.3 Å². The molecule has 0 aromatic carbocycles. The molecule has 0 heterocycles. The second-order valence-corrected chi connectivity index (χ2v) is 6.22. The molecule has 0 fully saturated rings. The molecule has 0 spiro atoms. The van der Waals surface area contributed by atoms with Crippen LogP contribution in [0.15, 0.2) is 11.6 Å². The van der Waals surface area contributed by atoms with Crippen LogP contribution in [0.5, 0.6) is 0 Å². The first kappa shape index (κ1) is 7.83. The Balaban J connectivity index is 3.79. The molecule has 0 aromatic rings. The molecule has 0 nitrogen and oxygen atoms in total. The lowest BCUT2D eigenvalue weighted by Gasteiger charge is -2.08. The van der Waals surface area contributed by atoms with E-state index < -0.39 is 3.96 Å². The van der Waals surface area contributed by atoms with Crippen molar-refractivity contribution < 1.29 is 0 Å². The number of alkyl halides is 2. The molecule has 0 rings (SSSR count). The van der Waals surface area contributed by atoms with Crippen LogP contribution >= 0.6 is 34.8 Å². The number of hydrogen-bond donors (Lipinski definition) is 0. The summed E-state index contributed by atoms with van der Waals surface area (Å²) in [6.45, 7) is 3.36. The van der Waals surface area contributed by atoms with Gasteiger partial charge in [0, 0.05) is 5.03 Å². The predicted molar refractivity (Wildman–Crippen MR) is 39.4 cm³/mol. The largest absolute Gasteiger partial charge is 0.130 e. The van der Waals surface area contributed by atoms with E-state index >= 15 is 0 Å². The molecule has 0 aliphatic rings. The summed E-state index contributed by atoms with van der Waals surface area (Å²) >= 11 is 16.3. The zero-order valence-corrected chi connectivity index (χ0v) is 8.11. The average Bonchev–Trinajstić information content (AvgIpc) is 1.31. The van der Waals surface area contributed by atoms with Gasteiger partial charge in [-0.05, 0) is 0 Å². The van der Waals surface area contributed by atoms with E-state index in [1.54, 1.807) is 0 Å². The van der Waals surface area contributed by atoms with Crippen molar-refractivity contribution in [3.05, 3.63) is 11.6 Å². The van der Waals surface area contributed by atoms with Gasteiger partial charge in [0.2, 0.25) is 0 Å². The molecule has 0 bridgehead atoms. The van der Waals surface area contributed by atoms with E-state index in [9.17, 15) is 0 Å². The third kappa shape index (κ3) is 3.41. The quantitative estimate of drug-likeness (QED) is 0.416. The number of allylic oxidation sites excluding steroid dienone is 1. The Morgan fingerprint density at radius 2 is 1.71 bits per heavy atom. The fourth-order valence-electron chi connectivity index (χ4n) is 0. The van der Waals surface area contributed by atoms with Gasteiger partial charge in [0.15, 0.2) is 0 Å². The van der Waals surface area contributed by atoms with E-state index in [0.717, 1.165) is 0 Å². The Bertz CT molecular complexity index is 82.7. The summed E-state index contributed by atoms with van der Waals surface area (Å²) < 4.78 is -0.846. The summed E-state index contributed by atoms with van der Waals surface area (Å²) in [6.07, 6.45) is 0. The topological polar surface area (TPSA) is 0 Å². The molecule has 0 unspecified atom stereocenters. The molecule has 7 heavy (non-hydrogen) atoms. The smallest absolute Gasteiger partial charge is 0.101 e. The molecule has 0 aromatic heterocycles. The van der Waals surface area contributed by atoms with Gasteiger partial charge in [0.25, 0.3) is 0 Å². The highest BCUT2D eigenvalue weighted by Crippen LogP contribution is 2.26. The van der Waals surface area contributed by atoms with Crippen molar-refractivity contribution in [1.82, 2.24) is 0 Å². The maximum Gasteiger partial charge on any atom is 0.130 e. The Hall–Kier alpha value is 0.827. The standard InChI is InChI=1S/C3H5Cl3Si/c1-2(4)3(5,6)7/h1H2,7H3. The van der Waals surface area contributed by atoms with Gasteiger partial charge in [-0.2, -0.15) is 0 Å². The highest BCUT2D eigenvalue weighted by Gasteiger charge is 2.17. The molecule has 4 heteroatoms.